The highest BCUT2D eigenvalue weighted by molar-refractivity contribution is 6.31. The van der Waals surface area contributed by atoms with Gasteiger partial charge in [0, 0.05) is 10.7 Å². The topological polar surface area (TPSA) is 62.1 Å². The number of carbonyl (C=O) groups excluding carboxylic acids is 1. The summed E-state index contributed by atoms with van der Waals surface area (Å²) in [6.45, 7) is 2.35. The number of anilines is 1. The van der Waals surface area contributed by atoms with E-state index in [1.165, 1.54) is 6.08 Å². The Morgan fingerprint density at radius 1 is 1.10 bits per heavy atom. The van der Waals surface area contributed by atoms with E-state index in [0.29, 0.717) is 23.1 Å². The van der Waals surface area contributed by atoms with E-state index < -0.39 is 5.91 Å². The van der Waals surface area contributed by atoms with E-state index in [-0.39, 0.29) is 5.57 Å². The summed E-state index contributed by atoms with van der Waals surface area (Å²) in [6, 6.07) is 24.2. The third-order valence-electron chi connectivity index (χ3n) is 4.23. The molecule has 0 heterocycles. The first-order valence-corrected chi connectivity index (χ1v) is 9.39. The number of halogens is 1. The van der Waals surface area contributed by atoms with E-state index in [1.54, 1.807) is 36.4 Å². The van der Waals surface area contributed by atoms with Crippen LogP contribution in [0.25, 0.3) is 6.08 Å². The highest BCUT2D eigenvalue weighted by Crippen LogP contribution is 2.21. The van der Waals surface area contributed by atoms with Crippen molar-refractivity contribution >= 4 is 29.3 Å². The minimum absolute atomic E-state index is 0.000323. The number of ether oxygens (including phenoxy) is 1. The summed E-state index contributed by atoms with van der Waals surface area (Å²) >= 11 is 6.08. The molecule has 3 aromatic rings. The molecule has 0 atom stereocenters. The van der Waals surface area contributed by atoms with Gasteiger partial charge < -0.3 is 10.1 Å². The number of amides is 1. The standard InChI is InChI=1S/C24H19ClN2O2/c1-17-7-10-21(14-23(17)25)27-24(28)20(15-26)13-18-8-11-22(12-9-18)29-16-19-5-3-2-4-6-19/h2-14H,16H2,1H3,(H,27,28)/b20-13+. The molecule has 0 bridgehead atoms. The average Bonchev–Trinajstić information content (AvgIpc) is 2.74. The number of nitrogens with one attached hydrogen (secondary N) is 1. The predicted octanol–water partition coefficient (Wildman–Crippen LogP) is 5.77. The Labute approximate surface area is 175 Å². The van der Waals surface area contributed by atoms with E-state index in [9.17, 15) is 10.1 Å². The van der Waals surface area contributed by atoms with Gasteiger partial charge in [0.05, 0.1) is 0 Å². The van der Waals surface area contributed by atoms with Crippen LogP contribution in [-0.4, -0.2) is 5.91 Å². The van der Waals surface area contributed by atoms with Crippen LogP contribution in [0.15, 0.2) is 78.4 Å². The number of hydrogen-bond donors (Lipinski definition) is 1. The van der Waals surface area contributed by atoms with Gasteiger partial charge in [0.25, 0.3) is 5.91 Å². The van der Waals surface area contributed by atoms with Gasteiger partial charge in [-0.25, -0.2) is 0 Å². The van der Waals surface area contributed by atoms with Gasteiger partial charge >= 0.3 is 0 Å². The molecule has 5 heteroatoms. The fraction of sp³-hybridized carbons (Fsp3) is 0.0833. The Bertz CT molecular complexity index is 1070. The van der Waals surface area contributed by atoms with Gasteiger partial charge in [-0.2, -0.15) is 5.26 Å². The summed E-state index contributed by atoms with van der Waals surface area (Å²) in [7, 11) is 0. The van der Waals surface area contributed by atoms with Crippen LogP contribution < -0.4 is 10.1 Å². The number of carbonyl (C=O) groups is 1. The molecule has 3 aromatic carbocycles. The molecule has 0 aromatic heterocycles. The Balaban J connectivity index is 1.65. The van der Waals surface area contributed by atoms with Gasteiger partial charge in [0.1, 0.15) is 24.0 Å². The quantitative estimate of drug-likeness (QED) is 0.420. The lowest BCUT2D eigenvalue weighted by molar-refractivity contribution is -0.112. The predicted molar refractivity (Wildman–Crippen MR) is 116 cm³/mol. The lowest BCUT2D eigenvalue weighted by Gasteiger charge is -2.07. The molecule has 0 saturated heterocycles. The molecule has 3 rings (SSSR count). The molecule has 0 aliphatic carbocycles. The van der Waals surface area contributed by atoms with Crippen LogP contribution in [0.3, 0.4) is 0 Å². The Morgan fingerprint density at radius 3 is 2.48 bits per heavy atom. The van der Waals surface area contributed by atoms with Crippen molar-refractivity contribution in [1.29, 1.82) is 5.26 Å². The maximum Gasteiger partial charge on any atom is 0.266 e. The van der Waals surface area contributed by atoms with Crippen molar-refractivity contribution < 1.29 is 9.53 Å². The third kappa shape index (κ3) is 5.71. The van der Waals surface area contributed by atoms with Gasteiger partial charge in [-0.3, -0.25) is 4.79 Å². The molecular weight excluding hydrogens is 384 g/mol. The second-order valence-corrected chi connectivity index (χ2v) is 6.84. The molecule has 0 fully saturated rings. The number of nitriles is 1. The number of nitrogens with zero attached hydrogens (tertiary/aromatic N) is 1. The second kappa shape index (κ2) is 9.59. The molecule has 0 aliphatic rings. The monoisotopic (exact) mass is 402 g/mol. The van der Waals surface area contributed by atoms with Crippen molar-refractivity contribution in [3.63, 3.8) is 0 Å². The first-order chi connectivity index (χ1) is 14.0. The molecule has 0 aliphatic heterocycles. The van der Waals surface area contributed by atoms with E-state index in [4.69, 9.17) is 16.3 Å². The van der Waals surface area contributed by atoms with E-state index in [2.05, 4.69) is 5.32 Å². The molecule has 1 N–H and O–H groups in total. The molecule has 1 amide bonds. The fourth-order valence-electron chi connectivity index (χ4n) is 2.59. The summed E-state index contributed by atoms with van der Waals surface area (Å²) in [5.74, 6) is 0.222. The van der Waals surface area contributed by atoms with Crippen LogP contribution in [0.5, 0.6) is 5.75 Å². The SMILES string of the molecule is Cc1ccc(NC(=O)/C(C#N)=C/c2ccc(OCc3ccccc3)cc2)cc1Cl. The summed E-state index contributed by atoms with van der Waals surface area (Å²) in [5, 5.41) is 12.6. The van der Waals surface area contributed by atoms with Gasteiger partial charge in [-0.05, 0) is 54.0 Å². The Hall–Kier alpha value is -3.55. The zero-order chi connectivity index (χ0) is 20.6. The smallest absolute Gasteiger partial charge is 0.266 e. The highest BCUT2D eigenvalue weighted by atomic mass is 35.5. The van der Waals surface area contributed by atoms with Crippen molar-refractivity contribution in [2.24, 2.45) is 0 Å². The number of rotatable bonds is 6. The summed E-state index contributed by atoms with van der Waals surface area (Å²) in [5.41, 5.74) is 3.26. The molecule has 29 heavy (non-hydrogen) atoms. The second-order valence-electron chi connectivity index (χ2n) is 6.43. The van der Waals surface area contributed by atoms with E-state index in [0.717, 1.165) is 16.7 Å². The van der Waals surface area contributed by atoms with Crippen molar-refractivity contribution in [2.75, 3.05) is 5.32 Å². The van der Waals surface area contributed by atoms with Gasteiger partial charge in [-0.15, -0.1) is 0 Å². The highest BCUT2D eigenvalue weighted by Gasteiger charge is 2.10. The summed E-state index contributed by atoms with van der Waals surface area (Å²) in [4.78, 5) is 12.4. The molecule has 0 radical (unpaired) electrons. The number of aryl methyl sites for hydroxylation is 1. The molecule has 4 nitrogen and oxygen atoms in total. The fourth-order valence-corrected chi connectivity index (χ4v) is 2.77. The minimum Gasteiger partial charge on any atom is -0.489 e. The van der Waals surface area contributed by atoms with E-state index >= 15 is 0 Å². The van der Waals surface area contributed by atoms with Crippen LogP contribution in [0.4, 0.5) is 5.69 Å². The summed E-state index contributed by atoms with van der Waals surface area (Å²) in [6.07, 6.45) is 1.53. The summed E-state index contributed by atoms with van der Waals surface area (Å²) < 4.78 is 5.75. The van der Waals surface area contributed by atoms with Crippen LogP contribution >= 0.6 is 11.6 Å². The zero-order valence-corrected chi connectivity index (χ0v) is 16.6. The van der Waals surface area contributed by atoms with Crippen molar-refractivity contribution in [2.45, 2.75) is 13.5 Å². The lowest BCUT2D eigenvalue weighted by atomic mass is 10.1. The average molecular weight is 403 g/mol. The Morgan fingerprint density at radius 2 is 1.83 bits per heavy atom. The van der Waals surface area contributed by atoms with E-state index in [1.807, 2.05) is 49.4 Å². The van der Waals surface area contributed by atoms with Crippen LogP contribution in [0.1, 0.15) is 16.7 Å². The molecule has 0 spiro atoms. The van der Waals surface area contributed by atoms with Crippen LogP contribution in [0, 0.1) is 18.3 Å². The van der Waals surface area contributed by atoms with Crippen LogP contribution in [0.2, 0.25) is 5.02 Å². The zero-order valence-electron chi connectivity index (χ0n) is 15.9. The number of hydrogen-bond acceptors (Lipinski definition) is 3. The van der Waals surface area contributed by atoms with Gasteiger partial charge in [-0.1, -0.05) is 60.1 Å². The lowest BCUT2D eigenvalue weighted by Crippen LogP contribution is -2.13. The molecular formula is C24H19ClN2O2. The van der Waals surface area contributed by atoms with Crippen molar-refractivity contribution in [3.05, 3.63) is 100 Å². The van der Waals surface area contributed by atoms with Crippen molar-refractivity contribution in [1.82, 2.24) is 0 Å². The Kier molecular flexibility index (Phi) is 6.67. The maximum atomic E-state index is 12.4. The van der Waals surface area contributed by atoms with Crippen molar-refractivity contribution in [3.8, 4) is 11.8 Å². The van der Waals surface area contributed by atoms with Gasteiger partial charge in [0.15, 0.2) is 0 Å². The molecule has 0 unspecified atom stereocenters. The first-order valence-electron chi connectivity index (χ1n) is 9.01. The normalized spacial score (nSPS) is 10.9. The third-order valence-corrected chi connectivity index (χ3v) is 4.64. The number of benzene rings is 3. The van der Waals surface area contributed by atoms with Gasteiger partial charge in [0.2, 0.25) is 0 Å². The largest absolute Gasteiger partial charge is 0.489 e. The molecule has 0 saturated carbocycles. The van der Waals surface area contributed by atoms with Crippen LogP contribution in [-0.2, 0) is 11.4 Å². The first kappa shape index (κ1) is 20.2. The minimum atomic E-state index is -0.489. The molecule has 144 valence electrons. The maximum absolute atomic E-state index is 12.4.